The third kappa shape index (κ3) is 4.29. The van der Waals surface area contributed by atoms with Gasteiger partial charge in [-0.3, -0.25) is 14.2 Å². The molecule has 0 aliphatic carbocycles. The van der Waals surface area contributed by atoms with Crippen molar-refractivity contribution in [3.63, 3.8) is 0 Å². The normalized spacial score (nSPS) is 11.8. The summed E-state index contributed by atoms with van der Waals surface area (Å²) in [5.41, 5.74) is 4.22. The molecule has 0 radical (unpaired) electrons. The van der Waals surface area contributed by atoms with Crippen molar-refractivity contribution >= 4 is 45.0 Å². The van der Waals surface area contributed by atoms with E-state index in [2.05, 4.69) is 31.2 Å². The summed E-state index contributed by atoms with van der Waals surface area (Å²) < 4.78 is 6.93. The second kappa shape index (κ2) is 8.95. The van der Waals surface area contributed by atoms with Gasteiger partial charge in [0.15, 0.2) is 0 Å². The third-order valence-electron chi connectivity index (χ3n) is 6.32. The largest absolute Gasteiger partial charge is 0.360 e. The summed E-state index contributed by atoms with van der Waals surface area (Å²) in [6, 6.07) is 20.7. The van der Waals surface area contributed by atoms with Crippen molar-refractivity contribution in [2.75, 3.05) is 5.32 Å². The molecule has 1 amide bonds. The van der Waals surface area contributed by atoms with Crippen LogP contribution >= 0.6 is 11.6 Å². The summed E-state index contributed by atoms with van der Waals surface area (Å²) in [5.74, 6) is 0.292. The molecule has 0 spiro atoms. The monoisotopic (exact) mass is 499 g/mol. The predicted octanol–water partition coefficient (Wildman–Crippen LogP) is 6.57. The molecule has 0 aliphatic heterocycles. The number of fused-ring (bicyclic) bond motifs is 3. The molecule has 36 heavy (non-hydrogen) atoms. The number of hydrogen-bond acceptors (Lipinski definition) is 4. The van der Waals surface area contributed by atoms with Crippen LogP contribution in [0.5, 0.6) is 0 Å². The number of amides is 1. The van der Waals surface area contributed by atoms with Gasteiger partial charge in [0.25, 0.3) is 5.56 Å². The van der Waals surface area contributed by atoms with Gasteiger partial charge in [-0.2, -0.15) is 0 Å². The first-order valence-corrected chi connectivity index (χ1v) is 12.1. The fraction of sp³-hybridized carbons (Fsp3) is 0.207. The molecular formula is C29H26ClN3O3. The highest BCUT2D eigenvalue weighted by molar-refractivity contribution is 6.37. The standard InChI is InChI=1S/C29H26ClN3O3/c1-17-25-27(32-36-17)26-22(30)9-6-10-23(26)33(28(25)35)21-8-5-7-18(15-21)16-24(34)31-20-13-11-19(12-14-20)29(2,3)4/h5-15H,16H2,1-4H3,(H,31,34). The van der Waals surface area contributed by atoms with E-state index in [0.29, 0.717) is 38.3 Å². The van der Waals surface area contributed by atoms with Crippen LogP contribution in [-0.4, -0.2) is 15.6 Å². The van der Waals surface area contributed by atoms with E-state index in [1.54, 1.807) is 23.6 Å². The Balaban J connectivity index is 1.49. The SMILES string of the molecule is Cc1onc2c1c(=O)n(-c1cccc(CC(=O)Nc3ccc(C(C)(C)C)cc3)c1)c1cccc(Cl)c21. The number of halogens is 1. The van der Waals surface area contributed by atoms with Crippen molar-refractivity contribution in [3.05, 3.63) is 99.0 Å². The van der Waals surface area contributed by atoms with Gasteiger partial charge in [0.05, 0.1) is 17.0 Å². The minimum atomic E-state index is -0.251. The van der Waals surface area contributed by atoms with Crippen LogP contribution in [0, 0.1) is 6.92 Å². The second-order valence-electron chi connectivity index (χ2n) is 9.96. The first-order valence-electron chi connectivity index (χ1n) is 11.7. The maximum atomic E-state index is 13.5. The van der Waals surface area contributed by atoms with Crippen molar-refractivity contribution in [2.24, 2.45) is 0 Å². The van der Waals surface area contributed by atoms with Crippen molar-refractivity contribution in [2.45, 2.75) is 39.5 Å². The summed E-state index contributed by atoms with van der Waals surface area (Å²) in [5, 5.41) is 8.56. The molecule has 6 nitrogen and oxygen atoms in total. The van der Waals surface area contributed by atoms with E-state index in [4.69, 9.17) is 16.1 Å². The fourth-order valence-electron chi connectivity index (χ4n) is 4.46. The molecule has 0 saturated carbocycles. The molecule has 5 aromatic rings. The van der Waals surface area contributed by atoms with E-state index in [1.165, 1.54) is 5.56 Å². The van der Waals surface area contributed by atoms with Crippen LogP contribution in [0.2, 0.25) is 5.02 Å². The average molecular weight is 500 g/mol. The minimum absolute atomic E-state index is 0.0452. The Morgan fingerprint density at radius 1 is 1.03 bits per heavy atom. The van der Waals surface area contributed by atoms with Crippen molar-refractivity contribution in [3.8, 4) is 5.69 Å². The molecule has 0 atom stereocenters. The number of aryl methyl sites for hydroxylation is 1. The van der Waals surface area contributed by atoms with Gasteiger partial charge >= 0.3 is 0 Å². The van der Waals surface area contributed by atoms with Crippen LogP contribution in [0.3, 0.4) is 0 Å². The van der Waals surface area contributed by atoms with Gasteiger partial charge < -0.3 is 9.84 Å². The highest BCUT2D eigenvalue weighted by atomic mass is 35.5. The molecule has 0 unspecified atom stereocenters. The van der Waals surface area contributed by atoms with Gasteiger partial charge in [-0.05, 0) is 59.9 Å². The number of hydrogen-bond donors (Lipinski definition) is 1. The summed E-state index contributed by atoms with van der Waals surface area (Å²) in [7, 11) is 0. The molecule has 0 aliphatic rings. The zero-order valence-electron chi connectivity index (χ0n) is 20.6. The van der Waals surface area contributed by atoms with Crippen LogP contribution in [0.15, 0.2) is 76.0 Å². The van der Waals surface area contributed by atoms with Crippen molar-refractivity contribution in [1.29, 1.82) is 0 Å². The number of nitrogens with zero attached hydrogens (tertiary/aromatic N) is 2. The summed E-state index contributed by atoms with van der Waals surface area (Å²) >= 11 is 6.52. The van der Waals surface area contributed by atoms with E-state index in [9.17, 15) is 9.59 Å². The Labute approximate surface area is 213 Å². The molecule has 0 fully saturated rings. The zero-order chi connectivity index (χ0) is 25.6. The summed E-state index contributed by atoms with van der Waals surface area (Å²) in [6.45, 7) is 8.16. The number of carbonyl (C=O) groups excluding carboxylic acids is 1. The van der Waals surface area contributed by atoms with Gasteiger partial charge in [0.1, 0.15) is 16.7 Å². The van der Waals surface area contributed by atoms with Crippen LogP contribution < -0.4 is 10.9 Å². The number of rotatable bonds is 4. The zero-order valence-corrected chi connectivity index (χ0v) is 21.3. The lowest BCUT2D eigenvalue weighted by Crippen LogP contribution is -2.20. The Hall–Kier alpha value is -3.90. The van der Waals surface area contributed by atoms with Gasteiger partial charge in [0.2, 0.25) is 5.91 Å². The molecule has 1 N–H and O–H groups in total. The molecule has 7 heteroatoms. The number of anilines is 1. The van der Waals surface area contributed by atoms with Crippen LogP contribution in [-0.2, 0) is 16.6 Å². The molecule has 2 aromatic heterocycles. The molecule has 0 saturated heterocycles. The molecule has 0 bridgehead atoms. The quantitative estimate of drug-likeness (QED) is 0.303. The van der Waals surface area contributed by atoms with Gasteiger partial charge in [0, 0.05) is 16.8 Å². The van der Waals surface area contributed by atoms with Crippen molar-refractivity contribution in [1.82, 2.24) is 9.72 Å². The third-order valence-corrected chi connectivity index (χ3v) is 6.63. The second-order valence-corrected chi connectivity index (χ2v) is 10.4. The Morgan fingerprint density at radius 2 is 1.75 bits per heavy atom. The number of pyridine rings is 1. The lowest BCUT2D eigenvalue weighted by Gasteiger charge is -2.19. The van der Waals surface area contributed by atoms with Crippen LogP contribution in [0.25, 0.3) is 27.5 Å². The van der Waals surface area contributed by atoms with Gasteiger partial charge in [-0.1, -0.05) is 67.9 Å². The number of benzene rings is 3. The number of aromatic nitrogens is 2. The Morgan fingerprint density at radius 3 is 2.47 bits per heavy atom. The van der Waals surface area contributed by atoms with Crippen LogP contribution in [0.4, 0.5) is 5.69 Å². The fourth-order valence-corrected chi connectivity index (χ4v) is 4.71. The van der Waals surface area contributed by atoms with Gasteiger partial charge in [-0.15, -0.1) is 0 Å². The van der Waals surface area contributed by atoms with E-state index >= 15 is 0 Å². The van der Waals surface area contributed by atoms with Crippen molar-refractivity contribution < 1.29 is 9.32 Å². The lowest BCUT2D eigenvalue weighted by molar-refractivity contribution is -0.115. The number of carbonyl (C=O) groups is 1. The smallest absolute Gasteiger partial charge is 0.268 e. The molecule has 3 aromatic carbocycles. The van der Waals surface area contributed by atoms with Gasteiger partial charge in [-0.25, -0.2) is 0 Å². The van der Waals surface area contributed by atoms with E-state index in [-0.39, 0.29) is 23.3 Å². The lowest BCUT2D eigenvalue weighted by atomic mass is 9.87. The first kappa shape index (κ1) is 23.8. The van der Waals surface area contributed by atoms with E-state index < -0.39 is 0 Å². The minimum Gasteiger partial charge on any atom is -0.360 e. The van der Waals surface area contributed by atoms with E-state index in [0.717, 1.165) is 11.3 Å². The number of nitrogens with one attached hydrogen (secondary N) is 1. The molecule has 2 heterocycles. The summed E-state index contributed by atoms with van der Waals surface area (Å²) in [4.78, 5) is 26.4. The molecule has 182 valence electrons. The molecule has 5 rings (SSSR count). The van der Waals surface area contributed by atoms with Crippen LogP contribution in [0.1, 0.15) is 37.7 Å². The van der Waals surface area contributed by atoms with E-state index in [1.807, 2.05) is 54.6 Å². The highest BCUT2D eigenvalue weighted by Crippen LogP contribution is 2.31. The maximum absolute atomic E-state index is 13.5. The highest BCUT2D eigenvalue weighted by Gasteiger charge is 2.20. The average Bonchev–Trinajstić information content (AvgIpc) is 3.21. The predicted molar refractivity (Wildman–Crippen MR) is 144 cm³/mol. The molecular weight excluding hydrogens is 474 g/mol. The Bertz CT molecular complexity index is 1680. The summed E-state index contributed by atoms with van der Waals surface area (Å²) in [6.07, 6.45) is 0.164. The Kier molecular flexibility index (Phi) is 5.92. The topological polar surface area (TPSA) is 77.1 Å². The first-order chi connectivity index (χ1) is 17.1. The maximum Gasteiger partial charge on any atom is 0.268 e.